The Labute approximate surface area is 118 Å². The van der Waals surface area contributed by atoms with Crippen molar-refractivity contribution in [3.63, 3.8) is 0 Å². The van der Waals surface area contributed by atoms with Crippen LogP contribution in [0, 0.1) is 5.82 Å². The number of halogens is 5. The Morgan fingerprint density at radius 2 is 2.00 bits per heavy atom. The molecule has 108 valence electrons. The summed E-state index contributed by atoms with van der Waals surface area (Å²) in [5.74, 6) is -0.459. The van der Waals surface area contributed by atoms with Crippen LogP contribution < -0.4 is 5.32 Å². The zero-order chi connectivity index (χ0) is 14.5. The van der Waals surface area contributed by atoms with Gasteiger partial charge in [0.05, 0.1) is 10.9 Å². The molecule has 19 heavy (non-hydrogen) atoms. The lowest BCUT2D eigenvalue weighted by Crippen LogP contribution is -2.36. The average Bonchev–Trinajstić information content (AvgIpc) is 2.30. The van der Waals surface area contributed by atoms with Crippen molar-refractivity contribution in [1.82, 2.24) is 5.32 Å². The maximum atomic E-state index is 13.3. The third-order valence-corrected chi connectivity index (χ3v) is 3.55. The molecule has 0 amide bonds. The lowest BCUT2D eigenvalue weighted by molar-refractivity contribution is -0.139. The zero-order valence-electron chi connectivity index (χ0n) is 10.5. The summed E-state index contributed by atoms with van der Waals surface area (Å²) in [6.07, 6.45) is -4.27. The van der Waals surface area contributed by atoms with E-state index in [1.165, 1.54) is 12.1 Å². The maximum Gasteiger partial charge on any atom is 0.390 e. The van der Waals surface area contributed by atoms with Crippen molar-refractivity contribution in [2.75, 3.05) is 6.54 Å². The highest BCUT2D eigenvalue weighted by Crippen LogP contribution is 2.26. The molecule has 0 spiro atoms. The van der Waals surface area contributed by atoms with Crippen LogP contribution in [0.4, 0.5) is 17.6 Å². The van der Waals surface area contributed by atoms with Crippen LogP contribution in [0.5, 0.6) is 0 Å². The molecule has 0 aliphatic rings. The van der Waals surface area contributed by atoms with Gasteiger partial charge in [-0.1, -0.05) is 19.1 Å². The summed E-state index contributed by atoms with van der Waals surface area (Å²) in [5, 5.41) is 2.86. The van der Waals surface area contributed by atoms with E-state index in [0.29, 0.717) is 12.1 Å². The van der Waals surface area contributed by atoms with Gasteiger partial charge < -0.3 is 5.32 Å². The molecule has 1 nitrogen and oxygen atoms in total. The first-order chi connectivity index (χ1) is 8.83. The molecule has 0 aliphatic heterocycles. The molecule has 0 saturated heterocycles. The van der Waals surface area contributed by atoms with E-state index in [2.05, 4.69) is 21.2 Å². The fourth-order valence-electron chi connectivity index (χ4n) is 1.82. The summed E-state index contributed by atoms with van der Waals surface area (Å²) in [5.41, 5.74) is 0.540. The van der Waals surface area contributed by atoms with Gasteiger partial charge >= 0.3 is 6.18 Å². The van der Waals surface area contributed by atoms with Crippen molar-refractivity contribution in [2.45, 2.75) is 38.4 Å². The summed E-state index contributed by atoms with van der Waals surface area (Å²) in [4.78, 5) is 0. The Hall–Kier alpha value is -0.620. The summed E-state index contributed by atoms with van der Waals surface area (Å²) < 4.78 is 51.0. The van der Waals surface area contributed by atoms with Crippen LogP contribution in [0.3, 0.4) is 0 Å². The minimum Gasteiger partial charge on any atom is -0.313 e. The molecule has 1 unspecified atom stereocenters. The van der Waals surface area contributed by atoms with Crippen LogP contribution in [-0.2, 0) is 6.42 Å². The van der Waals surface area contributed by atoms with Crippen molar-refractivity contribution in [2.24, 2.45) is 0 Å². The Bertz CT molecular complexity index is 406. The average molecular weight is 342 g/mol. The second kappa shape index (κ2) is 7.24. The molecule has 0 fully saturated rings. The molecule has 0 aromatic heterocycles. The largest absolute Gasteiger partial charge is 0.390 e. The quantitative estimate of drug-likeness (QED) is 0.753. The number of alkyl halides is 3. The molecule has 1 aromatic carbocycles. The molecule has 1 atom stereocenters. The molecule has 1 rings (SSSR count). The smallest absolute Gasteiger partial charge is 0.313 e. The van der Waals surface area contributed by atoms with Crippen LogP contribution in [0.25, 0.3) is 0 Å². The van der Waals surface area contributed by atoms with E-state index in [1.54, 1.807) is 6.07 Å². The summed E-state index contributed by atoms with van der Waals surface area (Å²) >= 11 is 3.07. The fourth-order valence-corrected chi connectivity index (χ4v) is 2.24. The molecular formula is C13H16BrF4N. The minimum absolute atomic E-state index is 0.137. The standard InChI is InChI=1S/C13H16BrF4N/c1-2-6-19-10(8-13(16,17)18)7-9-4-3-5-11(15)12(9)14/h3-5,10,19H,2,6-8H2,1H3. The lowest BCUT2D eigenvalue weighted by atomic mass is 10.0. The number of hydrogen-bond donors (Lipinski definition) is 1. The Kier molecular flexibility index (Phi) is 6.26. The van der Waals surface area contributed by atoms with Gasteiger partial charge in [-0.3, -0.25) is 0 Å². The van der Waals surface area contributed by atoms with Gasteiger partial charge in [-0.15, -0.1) is 0 Å². The summed E-state index contributed by atoms with van der Waals surface area (Å²) in [6.45, 7) is 2.39. The van der Waals surface area contributed by atoms with Crippen LogP contribution in [0.2, 0.25) is 0 Å². The predicted octanol–water partition coefficient (Wildman–Crippen LogP) is 4.45. The molecule has 1 N–H and O–H groups in total. The third kappa shape index (κ3) is 5.91. The van der Waals surface area contributed by atoms with Gasteiger partial charge in [-0.25, -0.2) is 4.39 Å². The highest BCUT2D eigenvalue weighted by molar-refractivity contribution is 9.10. The lowest BCUT2D eigenvalue weighted by Gasteiger charge is -2.20. The maximum absolute atomic E-state index is 13.3. The Morgan fingerprint density at radius 3 is 2.58 bits per heavy atom. The monoisotopic (exact) mass is 341 g/mol. The highest BCUT2D eigenvalue weighted by atomic mass is 79.9. The van der Waals surface area contributed by atoms with Gasteiger partial charge in [-0.05, 0) is 46.9 Å². The first-order valence-corrected chi connectivity index (χ1v) is 6.85. The number of rotatable bonds is 6. The van der Waals surface area contributed by atoms with Gasteiger partial charge in [0.1, 0.15) is 5.82 Å². The number of hydrogen-bond acceptors (Lipinski definition) is 1. The van der Waals surface area contributed by atoms with Gasteiger partial charge in [0.2, 0.25) is 0 Å². The zero-order valence-corrected chi connectivity index (χ0v) is 12.1. The van der Waals surface area contributed by atoms with E-state index in [9.17, 15) is 17.6 Å². The third-order valence-electron chi connectivity index (χ3n) is 2.66. The minimum atomic E-state index is -4.23. The van der Waals surface area contributed by atoms with E-state index in [4.69, 9.17) is 0 Å². The van der Waals surface area contributed by atoms with Gasteiger partial charge in [0.25, 0.3) is 0 Å². The van der Waals surface area contributed by atoms with Crippen molar-refractivity contribution in [1.29, 1.82) is 0 Å². The molecule has 0 saturated carbocycles. The van der Waals surface area contributed by atoms with Crippen LogP contribution in [-0.4, -0.2) is 18.8 Å². The molecule has 0 radical (unpaired) electrons. The SMILES string of the molecule is CCCNC(Cc1cccc(F)c1Br)CC(F)(F)F. The second-order valence-corrected chi connectivity index (χ2v) is 5.18. The first-order valence-electron chi connectivity index (χ1n) is 6.06. The van der Waals surface area contributed by atoms with Gasteiger partial charge in [0.15, 0.2) is 0 Å². The predicted molar refractivity (Wildman–Crippen MR) is 70.6 cm³/mol. The molecule has 0 heterocycles. The normalized spacial score (nSPS) is 13.6. The molecule has 1 aromatic rings. The van der Waals surface area contributed by atoms with E-state index in [1.807, 2.05) is 6.92 Å². The van der Waals surface area contributed by atoms with E-state index >= 15 is 0 Å². The van der Waals surface area contributed by atoms with Crippen LogP contribution in [0.15, 0.2) is 22.7 Å². The summed E-state index contributed by atoms with van der Waals surface area (Å²) in [7, 11) is 0. The first kappa shape index (κ1) is 16.4. The van der Waals surface area contributed by atoms with Crippen molar-refractivity contribution < 1.29 is 17.6 Å². The van der Waals surface area contributed by atoms with E-state index in [-0.39, 0.29) is 10.9 Å². The Balaban J connectivity index is 2.78. The van der Waals surface area contributed by atoms with Gasteiger partial charge in [-0.2, -0.15) is 13.2 Å². The Morgan fingerprint density at radius 1 is 1.32 bits per heavy atom. The van der Waals surface area contributed by atoms with E-state index < -0.39 is 24.5 Å². The molecule has 0 aliphatic carbocycles. The van der Waals surface area contributed by atoms with Crippen molar-refractivity contribution in [3.05, 3.63) is 34.1 Å². The molecule has 0 bridgehead atoms. The van der Waals surface area contributed by atoms with Crippen LogP contribution in [0.1, 0.15) is 25.3 Å². The van der Waals surface area contributed by atoms with E-state index in [0.717, 1.165) is 6.42 Å². The number of benzene rings is 1. The summed E-state index contributed by atoms with van der Waals surface area (Å²) in [6, 6.07) is 3.66. The fraction of sp³-hybridized carbons (Fsp3) is 0.538. The van der Waals surface area contributed by atoms with Crippen molar-refractivity contribution in [3.8, 4) is 0 Å². The molecule has 6 heteroatoms. The van der Waals surface area contributed by atoms with Crippen molar-refractivity contribution >= 4 is 15.9 Å². The number of nitrogens with one attached hydrogen (secondary N) is 1. The highest BCUT2D eigenvalue weighted by Gasteiger charge is 2.31. The second-order valence-electron chi connectivity index (χ2n) is 4.39. The topological polar surface area (TPSA) is 12.0 Å². The molecular weight excluding hydrogens is 326 g/mol. The van der Waals surface area contributed by atoms with Gasteiger partial charge in [0, 0.05) is 6.04 Å². The van der Waals surface area contributed by atoms with Crippen LogP contribution >= 0.6 is 15.9 Å².